The first-order valence-corrected chi connectivity index (χ1v) is 15.3. The van der Waals surface area contributed by atoms with Crippen molar-refractivity contribution in [3.63, 3.8) is 0 Å². The van der Waals surface area contributed by atoms with Gasteiger partial charge in [-0.15, -0.1) is 0 Å². The summed E-state index contributed by atoms with van der Waals surface area (Å²) in [5.74, 6) is -3.22. The molecule has 0 spiro atoms. The highest BCUT2D eigenvalue weighted by molar-refractivity contribution is 14.1. The first-order valence-electron chi connectivity index (χ1n) is 9.18. The van der Waals surface area contributed by atoms with E-state index in [0.29, 0.717) is 17.7 Å². The number of alkyl halides is 4. The standard InChI is InChI=1S/C20H20I4O8/c21-5-9-29-17(25)15(18(26)30-10-6-22)13-1-2-14(4-3-13)16(19(27)31-11-7-23)20(28)32-12-8-24/h1-4H,5-12H2. The van der Waals surface area contributed by atoms with Crippen LogP contribution in [0.25, 0.3) is 11.1 Å². The van der Waals surface area contributed by atoms with E-state index >= 15 is 0 Å². The van der Waals surface area contributed by atoms with Gasteiger partial charge in [-0.25, -0.2) is 19.2 Å². The Hall–Kier alpha value is -0.240. The van der Waals surface area contributed by atoms with Crippen molar-refractivity contribution in [1.82, 2.24) is 0 Å². The molecular formula is C20H20I4O8. The summed E-state index contributed by atoms with van der Waals surface area (Å²) in [5, 5.41) is 0.484. The van der Waals surface area contributed by atoms with E-state index in [0.717, 1.165) is 0 Å². The van der Waals surface area contributed by atoms with Gasteiger partial charge in [0.1, 0.15) is 26.4 Å². The molecule has 1 aromatic carbocycles. The minimum absolute atomic E-state index is 0.143. The average Bonchev–Trinajstić information content (AvgIpc) is 2.79. The highest BCUT2D eigenvalue weighted by Crippen LogP contribution is 2.05. The van der Waals surface area contributed by atoms with Crippen molar-refractivity contribution in [2.24, 2.45) is 0 Å². The van der Waals surface area contributed by atoms with E-state index in [1.165, 1.54) is 24.3 Å². The molecule has 0 atom stereocenters. The number of rotatable bonds is 12. The fourth-order valence-corrected chi connectivity index (χ4v) is 3.14. The third kappa shape index (κ3) is 9.94. The molecule has 0 unspecified atom stereocenters. The number of hydrogen-bond acceptors (Lipinski definition) is 8. The Kier molecular flexibility index (Phi) is 16.0. The van der Waals surface area contributed by atoms with Gasteiger partial charge in [0, 0.05) is 17.7 Å². The summed E-state index contributed by atoms with van der Waals surface area (Å²) in [5.41, 5.74) is -0.513. The largest absolute Gasteiger partial charge is 0.461 e. The minimum Gasteiger partial charge on any atom is -0.461 e. The Bertz CT molecular complexity index is 790. The van der Waals surface area contributed by atoms with Crippen LogP contribution in [0.2, 0.25) is 0 Å². The predicted molar refractivity (Wildman–Crippen MR) is 152 cm³/mol. The Morgan fingerprint density at radius 2 is 0.719 bits per heavy atom. The van der Waals surface area contributed by atoms with Crippen LogP contribution in [0.3, 0.4) is 0 Å². The molecule has 0 bridgehead atoms. The Morgan fingerprint density at radius 1 is 0.500 bits per heavy atom. The second kappa shape index (κ2) is 17.2. The molecule has 32 heavy (non-hydrogen) atoms. The van der Waals surface area contributed by atoms with E-state index in [-0.39, 0.29) is 48.0 Å². The third-order valence-electron chi connectivity index (χ3n) is 3.52. The molecule has 0 saturated carbocycles. The monoisotopic (exact) mass is 896 g/mol. The molecule has 0 saturated heterocycles. The van der Waals surface area contributed by atoms with Crippen LogP contribution in [-0.4, -0.2) is 68.0 Å². The topological polar surface area (TPSA) is 105 Å². The fourth-order valence-electron chi connectivity index (χ4n) is 2.26. The molecule has 176 valence electrons. The van der Waals surface area contributed by atoms with Crippen molar-refractivity contribution in [2.45, 2.75) is 0 Å². The van der Waals surface area contributed by atoms with Crippen molar-refractivity contribution < 1.29 is 38.1 Å². The zero-order valence-electron chi connectivity index (χ0n) is 16.7. The van der Waals surface area contributed by atoms with Crippen LogP contribution >= 0.6 is 90.4 Å². The van der Waals surface area contributed by atoms with Gasteiger partial charge in [-0.2, -0.15) is 0 Å². The lowest BCUT2D eigenvalue weighted by Crippen LogP contribution is -2.28. The van der Waals surface area contributed by atoms with Gasteiger partial charge in [0.25, 0.3) is 0 Å². The maximum atomic E-state index is 12.5. The summed E-state index contributed by atoms with van der Waals surface area (Å²) in [6.07, 6.45) is 0. The first kappa shape index (κ1) is 29.8. The molecule has 8 nitrogen and oxygen atoms in total. The number of halogens is 4. The second-order valence-corrected chi connectivity index (χ2v) is 9.94. The summed E-state index contributed by atoms with van der Waals surface area (Å²) < 4.78 is 22.7. The molecule has 0 heterocycles. The van der Waals surface area contributed by atoms with Gasteiger partial charge in [-0.05, 0) is 10.4 Å². The van der Waals surface area contributed by atoms with Crippen molar-refractivity contribution in [3.8, 4) is 0 Å². The van der Waals surface area contributed by atoms with Crippen LogP contribution < -0.4 is 10.4 Å². The van der Waals surface area contributed by atoms with E-state index < -0.39 is 23.9 Å². The van der Waals surface area contributed by atoms with Gasteiger partial charge in [-0.3, -0.25) is 0 Å². The Labute approximate surface area is 239 Å². The molecule has 0 aromatic heterocycles. The van der Waals surface area contributed by atoms with Crippen LogP contribution in [0.15, 0.2) is 24.3 Å². The molecule has 0 aliphatic carbocycles. The smallest absolute Gasteiger partial charge is 0.346 e. The van der Waals surface area contributed by atoms with E-state index in [2.05, 4.69) is 0 Å². The summed E-state index contributed by atoms with van der Waals surface area (Å²) in [6.45, 7) is 0.571. The minimum atomic E-state index is -0.806. The lowest BCUT2D eigenvalue weighted by molar-refractivity contribution is -0.144. The third-order valence-corrected chi connectivity index (χ3v) is 5.28. The zero-order chi connectivity index (χ0) is 23.9. The molecule has 0 aliphatic heterocycles. The van der Waals surface area contributed by atoms with Gasteiger partial charge < -0.3 is 18.9 Å². The molecule has 1 rings (SSSR count). The lowest BCUT2D eigenvalue weighted by atomic mass is 10.1. The number of esters is 4. The maximum absolute atomic E-state index is 12.5. The molecule has 0 radical (unpaired) electrons. The number of hydrogen-bond donors (Lipinski definition) is 0. The van der Waals surface area contributed by atoms with E-state index in [4.69, 9.17) is 18.9 Å². The van der Waals surface area contributed by atoms with Gasteiger partial charge in [0.05, 0.1) is 0 Å². The molecule has 0 aliphatic rings. The summed E-state index contributed by atoms with van der Waals surface area (Å²) in [4.78, 5) is 49.8. The Morgan fingerprint density at radius 3 is 0.906 bits per heavy atom. The highest BCUT2D eigenvalue weighted by atomic mass is 127. The van der Waals surface area contributed by atoms with Crippen LogP contribution in [0, 0.1) is 0 Å². The molecule has 1 aromatic rings. The maximum Gasteiger partial charge on any atom is 0.346 e. The lowest BCUT2D eigenvalue weighted by Gasteiger charge is -2.09. The predicted octanol–water partition coefficient (Wildman–Crippen LogP) is 1.90. The molecule has 12 heteroatoms. The van der Waals surface area contributed by atoms with E-state index in [1.54, 1.807) is 0 Å². The normalized spacial score (nSPS) is 10.1. The van der Waals surface area contributed by atoms with Gasteiger partial charge in [0.2, 0.25) is 0 Å². The Balaban J connectivity index is 3.54. The van der Waals surface area contributed by atoms with Gasteiger partial charge >= 0.3 is 23.9 Å². The summed E-state index contributed by atoms with van der Waals surface area (Å²) >= 11 is 8.19. The average molecular weight is 896 g/mol. The highest BCUT2D eigenvalue weighted by Gasteiger charge is 2.24. The number of carbonyl (C=O) groups is 4. The van der Waals surface area contributed by atoms with Crippen molar-refractivity contribution in [2.75, 3.05) is 44.1 Å². The number of ether oxygens (including phenoxy) is 4. The van der Waals surface area contributed by atoms with Crippen molar-refractivity contribution in [1.29, 1.82) is 0 Å². The first-order chi connectivity index (χ1) is 15.4. The van der Waals surface area contributed by atoms with E-state index in [9.17, 15) is 19.2 Å². The number of benzene rings is 1. The summed E-state index contributed by atoms with van der Waals surface area (Å²) in [7, 11) is 0. The molecule has 0 fully saturated rings. The molecule has 0 amide bonds. The quantitative estimate of drug-likeness (QED) is 0.103. The zero-order valence-corrected chi connectivity index (χ0v) is 25.4. The van der Waals surface area contributed by atoms with Crippen LogP contribution in [0.1, 0.15) is 0 Å². The number of carbonyl (C=O) groups excluding carboxylic acids is 4. The molecular weight excluding hydrogens is 876 g/mol. The van der Waals surface area contributed by atoms with Crippen LogP contribution in [0.5, 0.6) is 0 Å². The van der Waals surface area contributed by atoms with Gasteiger partial charge in [-0.1, -0.05) is 115 Å². The van der Waals surface area contributed by atoms with Crippen LogP contribution in [-0.2, 0) is 38.1 Å². The second-order valence-electron chi connectivity index (χ2n) is 5.63. The van der Waals surface area contributed by atoms with Crippen molar-refractivity contribution >= 4 is 125 Å². The van der Waals surface area contributed by atoms with E-state index in [1.807, 2.05) is 90.4 Å². The molecule has 0 N–H and O–H groups in total. The SMILES string of the molecule is O=C(OCCI)C(C(=O)OCCI)=c1ccc(=C(C(=O)OCCI)C(=O)OCCI)cc1. The van der Waals surface area contributed by atoms with Gasteiger partial charge in [0.15, 0.2) is 11.1 Å². The fraction of sp³-hybridized carbons (Fsp3) is 0.400. The van der Waals surface area contributed by atoms with Crippen molar-refractivity contribution in [3.05, 3.63) is 34.7 Å². The van der Waals surface area contributed by atoms with Crippen LogP contribution in [0.4, 0.5) is 0 Å². The summed E-state index contributed by atoms with van der Waals surface area (Å²) in [6, 6.07) is 5.77.